The molecule has 0 amide bonds. The third kappa shape index (κ3) is 4.26. The van der Waals surface area contributed by atoms with Crippen LogP contribution in [0.2, 0.25) is 0 Å². The number of allylic oxidation sites excluding steroid dienone is 1. The molecule has 0 radical (unpaired) electrons. The molecule has 2 rings (SSSR count). The molecule has 0 spiro atoms. The Morgan fingerprint density at radius 1 is 1.08 bits per heavy atom. The maximum atomic E-state index is 13.0. The number of hydrogen-bond donors (Lipinski definition) is 0. The van der Waals surface area contributed by atoms with Gasteiger partial charge in [0.25, 0.3) is 0 Å². The van der Waals surface area contributed by atoms with Gasteiger partial charge in [0.1, 0.15) is 5.75 Å². The molecule has 2 aromatic rings. The minimum absolute atomic E-state index is 0.272. The van der Waals surface area contributed by atoms with E-state index in [2.05, 4.69) is 13.8 Å². The second-order valence-electron chi connectivity index (χ2n) is 6.12. The number of para-hydroxylation sites is 1. The molecule has 0 fully saturated rings. The van der Waals surface area contributed by atoms with Crippen LogP contribution in [-0.2, 0) is 10.8 Å². The zero-order valence-electron chi connectivity index (χ0n) is 14.9. The summed E-state index contributed by atoms with van der Waals surface area (Å²) in [6.07, 6.45) is 0. The molecule has 0 aliphatic carbocycles. The standard InChI is InChI=1S/C20H25NO2S/c1-15(2)18(16-10-12-17(23-5)13-11-16)14-24(22)20-9-7-6-8-19(20)21(3)4/h6-15H,1-5H3/b18-14+. The molecular formula is C20H25NO2S. The van der Waals surface area contributed by atoms with Crippen LogP contribution in [0.15, 0.2) is 58.8 Å². The largest absolute Gasteiger partial charge is 0.497 e. The number of benzene rings is 2. The first-order valence-corrected chi connectivity index (χ1v) is 9.18. The predicted molar refractivity (Wildman–Crippen MR) is 103 cm³/mol. The Morgan fingerprint density at radius 3 is 2.25 bits per heavy atom. The maximum Gasteiger partial charge on any atom is 0.118 e. The van der Waals surface area contributed by atoms with Crippen LogP contribution in [0.5, 0.6) is 5.75 Å². The number of anilines is 1. The number of rotatable bonds is 6. The summed E-state index contributed by atoms with van der Waals surface area (Å²) in [5.41, 5.74) is 3.12. The molecule has 0 heterocycles. The maximum absolute atomic E-state index is 13.0. The highest BCUT2D eigenvalue weighted by Crippen LogP contribution is 2.29. The van der Waals surface area contributed by atoms with Crippen molar-refractivity contribution >= 4 is 22.1 Å². The van der Waals surface area contributed by atoms with E-state index in [9.17, 15) is 4.21 Å². The Labute approximate surface area is 147 Å². The molecule has 128 valence electrons. The fourth-order valence-electron chi connectivity index (χ4n) is 2.50. The van der Waals surface area contributed by atoms with Gasteiger partial charge in [-0.2, -0.15) is 0 Å². The van der Waals surface area contributed by atoms with E-state index in [-0.39, 0.29) is 5.92 Å². The monoisotopic (exact) mass is 343 g/mol. The molecule has 0 aromatic heterocycles. The highest BCUT2D eigenvalue weighted by Gasteiger charge is 2.13. The summed E-state index contributed by atoms with van der Waals surface area (Å²) in [4.78, 5) is 2.82. The highest BCUT2D eigenvalue weighted by atomic mass is 32.2. The van der Waals surface area contributed by atoms with Crippen molar-refractivity contribution < 1.29 is 8.95 Å². The molecule has 1 atom stereocenters. The molecule has 0 bridgehead atoms. The average Bonchev–Trinajstić information content (AvgIpc) is 2.59. The second kappa shape index (κ2) is 8.15. The lowest BCUT2D eigenvalue weighted by atomic mass is 9.97. The third-order valence-electron chi connectivity index (χ3n) is 3.84. The lowest BCUT2D eigenvalue weighted by molar-refractivity contribution is 0.415. The molecule has 0 N–H and O–H groups in total. The Balaban J connectivity index is 2.42. The fourth-order valence-corrected chi connectivity index (χ4v) is 3.93. The molecular weight excluding hydrogens is 318 g/mol. The smallest absolute Gasteiger partial charge is 0.118 e. The number of ether oxygens (including phenoxy) is 1. The van der Waals surface area contributed by atoms with E-state index in [0.717, 1.165) is 27.5 Å². The Morgan fingerprint density at radius 2 is 1.71 bits per heavy atom. The van der Waals surface area contributed by atoms with Gasteiger partial charge in [-0.15, -0.1) is 0 Å². The van der Waals surface area contributed by atoms with Crippen LogP contribution < -0.4 is 9.64 Å². The van der Waals surface area contributed by atoms with Crippen LogP contribution in [0.1, 0.15) is 19.4 Å². The summed E-state index contributed by atoms with van der Waals surface area (Å²) in [6, 6.07) is 15.7. The first kappa shape index (κ1) is 18.3. The molecule has 0 aliphatic heterocycles. The summed E-state index contributed by atoms with van der Waals surface area (Å²) in [7, 11) is 4.38. The van der Waals surface area contributed by atoms with Crippen LogP contribution in [0.3, 0.4) is 0 Å². The van der Waals surface area contributed by atoms with Gasteiger partial charge in [-0.05, 0) is 41.3 Å². The second-order valence-corrected chi connectivity index (χ2v) is 7.39. The van der Waals surface area contributed by atoms with Crippen LogP contribution in [0.25, 0.3) is 5.57 Å². The summed E-state index contributed by atoms with van der Waals surface area (Å²) in [6.45, 7) is 4.23. The van der Waals surface area contributed by atoms with E-state index >= 15 is 0 Å². The van der Waals surface area contributed by atoms with Gasteiger partial charge in [0.05, 0.1) is 28.5 Å². The summed E-state index contributed by atoms with van der Waals surface area (Å²) in [5, 5.41) is 1.87. The van der Waals surface area contributed by atoms with Crippen molar-refractivity contribution in [3.63, 3.8) is 0 Å². The van der Waals surface area contributed by atoms with Crippen molar-refractivity contribution in [2.75, 3.05) is 26.1 Å². The SMILES string of the molecule is COc1ccc(/C(=C/S(=O)c2ccccc2N(C)C)C(C)C)cc1. The van der Waals surface area contributed by atoms with Crippen molar-refractivity contribution in [1.82, 2.24) is 0 Å². The molecule has 1 unspecified atom stereocenters. The normalized spacial score (nSPS) is 13.0. The average molecular weight is 343 g/mol. The van der Waals surface area contributed by atoms with E-state index in [4.69, 9.17) is 4.74 Å². The van der Waals surface area contributed by atoms with Gasteiger partial charge in [-0.3, -0.25) is 0 Å². The molecule has 0 saturated carbocycles. The van der Waals surface area contributed by atoms with Crippen LogP contribution in [0.4, 0.5) is 5.69 Å². The molecule has 3 nitrogen and oxygen atoms in total. The molecule has 0 aliphatic rings. The van der Waals surface area contributed by atoms with Crippen LogP contribution in [-0.4, -0.2) is 25.4 Å². The van der Waals surface area contributed by atoms with E-state index in [1.54, 1.807) is 7.11 Å². The van der Waals surface area contributed by atoms with Gasteiger partial charge < -0.3 is 9.64 Å². The fraction of sp³-hybridized carbons (Fsp3) is 0.300. The van der Waals surface area contributed by atoms with Crippen molar-refractivity contribution in [1.29, 1.82) is 0 Å². The summed E-state index contributed by atoms with van der Waals surface area (Å²) >= 11 is 0. The Bertz CT molecular complexity index is 734. The zero-order chi connectivity index (χ0) is 17.7. The topological polar surface area (TPSA) is 29.5 Å². The van der Waals surface area contributed by atoms with Crippen molar-refractivity contribution in [2.45, 2.75) is 18.7 Å². The third-order valence-corrected chi connectivity index (χ3v) is 5.09. The van der Waals surface area contributed by atoms with Crippen LogP contribution >= 0.6 is 0 Å². The highest BCUT2D eigenvalue weighted by molar-refractivity contribution is 7.88. The van der Waals surface area contributed by atoms with Gasteiger partial charge >= 0.3 is 0 Å². The van der Waals surface area contributed by atoms with E-state index < -0.39 is 10.8 Å². The lowest BCUT2D eigenvalue weighted by Crippen LogP contribution is -2.11. The number of nitrogens with zero attached hydrogens (tertiary/aromatic N) is 1. The minimum Gasteiger partial charge on any atom is -0.497 e. The first-order valence-electron chi connectivity index (χ1n) is 7.97. The lowest BCUT2D eigenvalue weighted by Gasteiger charge is -2.17. The van der Waals surface area contributed by atoms with E-state index in [1.807, 2.05) is 72.9 Å². The predicted octanol–water partition coefficient (Wildman–Crippen LogP) is 4.57. The zero-order valence-corrected chi connectivity index (χ0v) is 15.8. The van der Waals surface area contributed by atoms with Gasteiger partial charge in [0.2, 0.25) is 0 Å². The Kier molecular flexibility index (Phi) is 6.21. The molecule has 24 heavy (non-hydrogen) atoms. The van der Waals surface area contributed by atoms with E-state index in [0.29, 0.717) is 0 Å². The Hall–Kier alpha value is -2.07. The number of hydrogen-bond acceptors (Lipinski definition) is 3. The van der Waals surface area contributed by atoms with Crippen molar-refractivity contribution in [3.8, 4) is 5.75 Å². The minimum atomic E-state index is -1.21. The molecule has 0 saturated heterocycles. The van der Waals surface area contributed by atoms with Gasteiger partial charge in [-0.1, -0.05) is 38.1 Å². The molecule has 4 heteroatoms. The van der Waals surface area contributed by atoms with Crippen molar-refractivity contribution in [3.05, 3.63) is 59.5 Å². The van der Waals surface area contributed by atoms with Gasteiger partial charge in [0, 0.05) is 19.5 Å². The summed E-state index contributed by atoms with van der Waals surface area (Å²) in [5.74, 6) is 1.09. The first-order chi connectivity index (χ1) is 11.4. The van der Waals surface area contributed by atoms with Gasteiger partial charge in [-0.25, -0.2) is 4.21 Å². The molecule has 2 aromatic carbocycles. The van der Waals surface area contributed by atoms with E-state index in [1.165, 1.54) is 0 Å². The number of methoxy groups -OCH3 is 1. The quantitative estimate of drug-likeness (QED) is 0.770. The summed E-state index contributed by atoms with van der Waals surface area (Å²) < 4.78 is 18.2. The van der Waals surface area contributed by atoms with Crippen LogP contribution in [0, 0.1) is 5.92 Å². The van der Waals surface area contributed by atoms with Crippen molar-refractivity contribution in [2.24, 2.45) is 5.92 Å². The van der Waals surface area contributed by atoms with Gasteiger partial charge in [0.15, 0.2) is 0 Å².